The highest BCUT2D eigenvalue weighted by Gasteiger charge is 2.24. The van der Waals surface area contributed by atoms with Gasteiger partial charge >= 0.3 is 6.03 Å². The predicted molar refractivity (Wildman–Crippen MR) is 85.6 cm³/mol. The van der Waals surface area contributed by atoms with Crippen molar-refractivity contribution in [3.63, 3.8) is 0 Å². The number of amides is 2. The Morgan fingerprint density at radius 1 is 1.45 bits per heavy atom. The Labute approximate surface area is 132 Å². The summed E-state index contributed by atoms with van der Waals surface area (Å²) in [5.41, 5.74) is 3.16. The minimum absolute atomic E-state index is 0.0251. The van der Waals surface area contributed by atoms with E-state index in [1.165, 1.54) is 0 Å². The highest BCUT2D eigenvalue weighted by atomic mass is 16.3. The molecular weight excluding hydrogens is 280 g/mol. The van der Waals surface area contributed by atoms with Crippen LogP contribution in [0.3, 0.4) is 0 Å². The Morgan fingerprint density at radius 3 is 2.68 bits per heavy atom. The third-order valence-electron chi connectivity index (χ3n) is 4.69. The molecule has 1 aromatic heterocycles. The van der Waals surface area contributed by atoms with Gasteiger partial charge in [0.1, 0.15) is 0 Å². The molecule has 2 rings (SSSR count). The van der Waals surface area contributed by atoms with Gasteiger partial charge in [0.15, 0.2) is 0 Å². The summed E-state index contributed by atoms with van der Waals surface area (Å²) in [5.74, 6) is 0.391. The van der Waals surface area contributed by atoms with E-state index < -0.39 is 0 Å². The molecule has 0 radical (unpaired) electrons. The van der Waals surface area contributed by atoms with Crippen molar-refractivity contribution in [2.24, 2.45) is 13.0 Å². The lowest BCUT2D eigenvalue weighted by molar-refractivity contribution is 0.177. The van der Waals surface area contributed by atoms with Crippen LogP contribution in [-0.2, 0) is 7.05 Å². The zero-order valence-corrected chi connectivity index (χ0v) is 14.0. The summed E-state index contributed by atoms with van der Waals surface area (Å²) in [7, 11) is 1.92. The molecule has 0 spiro atoms. The number of hydrogen-bond acceptors (Lipinski definition) is 3. The standard InChI is InChI=1S/C16H28N4O2/c1-5-14(15-10(2)19-20(4)11(15)3)18-16(22)17-9-12-6-7-13(21)8-12/h12-14,21H,5-9H2,1-4H3,(H2,17,18,22)/t12-,13-,14-/m0/s1. The number of nitrogens with one attached hydrogen (secondary N) is 2. The summed E-state index contributed by atoms with van der Waals surface area (Å²) in [6, 6.07) is -0.168. The maximum atomic E-state index is 12.1. The number of rotatable bonds is 5. The van der Waals surface area contributed by atoms with Gasteiger partial charge in [0.25, 0.3) is 0 Å². The first-order valence-corrected chi connectivity index (χ1v) is 8.14. The van der Waals surface area contributed by atoms with E-state index in [4.69, 9.17) is 0 Å². The molecule has 3 N–H and O–H groups in total. The van der Waals surface area contributed by atoms with E-state index in [0.717, 1.165) is 42.6 Å². The molecular formula is C16H28N4O2. The zero-order valence-electron chi connectivity index (χ0n) is 14.0. The summed E-state index contributed by atoms with van der Waals surface area (Å²) >= 11 is 0. The van der Waals surface area contributed by atoms with Crippen molar-refractivity contribution in [3.05, 3.63) is 17.0 Å². The van der Waals surface area contributed by atoms with Crippen LogP contribution in [0.5, 0.6) is 0 Å². The topological polar surface area (TPSA) is 79.2 Å². The Balaban J connectivity index is 1.91. The van der Waals surface area contributed by atoms with E-state index in [0.29, 0.717) is 12.5 Å². The van der Waals surface area contributed by atoms with E-state index in [2.05, 4.69) is 22.7 Å². The van der Waals surface area contributed by atoms with Crippen molar-refractivity contribution in [1.82, 2.24) is 20.4 Å². The van der Waals surface area contributed by atoms with Crippen LogP contribution in [0.1, 0.15) is 55.6 Å². The van der Waals surface area contributed by atoms with Gasteiger partial charge in [-0.1, -0.05) is 6.92 Å². The van der Waals surface area contributed by atoms with E-state index in [1.807, 2.05) is 25.6 Å². The molecule has 22 heavy (non-hydrogen) atoms. The van der Waals surface area contributed by atoms with E-state index in [-0.39, 0.29) is 18.2 Å². The molecule has 1 aliphatic rings. The number of aliphatic hydroxyl groups is 1. The minimum Gasteiger partial charge on any atom is -0.393 e. The molecule has 6 nitrogen and oxygen atoms in total. The second kappa shape index (κ2) is 7.13. The average molecular weight is 308 g/mol. The van der Waals surface area contributed by atoms with Crippen LogP contribution >= 0.6 is 0 Å². The SMILES string of the molecule is CC[C@H](NC(=O)NC[C@H]1CC[C@H](O)C1)c1c(C)nn(C)c1C. The predicted octanol–water partition coefficient (Wildman–Crippen LogP) is 1.95. The molecule has 0 unspecified atom stereocenters. The lowest BCUT2D eigenvalue weighted by atomic mass is 10.0. The maximum absolute atomic E-state index is 12.1. The first kappa shape index (κ1) is 16.8. The lowest BCUT2D eigenvalue weighted by Gasteiger charge is -2.19. The van der Waals surface area contributed by atoms with Gasteiger partial charge < -0.3 is 15.7 Å². The molecule has 1 saturated carbocycles. The van der Waals surface area contributed by atoms with Crippen LogP contribution in [0.25, 0.3) is 0 Å². The summed E-state index contributed by atoms with van der Waals surface area (Å²) in [6.45, 7) is 6.69. The van der Waals surface area contributed by atoms with Crippen LogP contribution in [-0.4, -0.2) is 33.6 Å². The molecule has 0 aromatic carbocycles. The van der Waals surface area contributed by atoms with Gasteiger partial charge in [-0.3, -0.25) is 4.68 Å². The monoisotopic (exact) mass is 308 g/mol. The number of aryl methyl sites for hydroxylation is 2. The van der Waals surface area contributed by atoms with Crippen molar-refractivity contribution in [2.75, 3.05) is 6.54 Å². The van der Waals surface area contributed by atoms with Gasteiger partial charge in [-0.2, -0.15) is 5.10 Å². The number of carbonyl (C=O) groups is 1. The van der Waals surface area contributed by atoms with E-state index in [1.54, 1.807) is 0 Å². The molecule has 0 bridgehead atoms. The van der Waals surface area contributed by atoms with Gasteiger partial charge in [0, 0.05) is 24.8 Å². The Kier molecular flexibility index (Phi) is 5.45. The van der Waals surface area contributed by atoms with Crippen molar-refractivity contribution in [2.45, 2.75) is 58.6 Å². The summed E-state index contributed by atoms with van der Waals surface area (Å²) in [4.78, 5) is 12.1. The molecule has 2 amide bonds. The normalized spacial score (nSPS) is 22.6. The highest BCUT2D eigenvalue weighted by Crippen LogP contribution is 2.25. The molecule has 124 valence electrons. The van der Waals surface area contributed by atoms with Crippen LogP contribution in [0.4, 0.5) is 4.79 Å². The average Bonchev–Trinajstić information content (AvgIpc) is 2.99. The molecule has 3 atom stereocenters. The largest absolute Gasteiger partial charge is 0.393 e. The molecule has 1 heterocycles. The Hall–Kier alpha value is -1.56. The Bertz CT molecular complexity index is 526. The third kappa shape index (κ3) is 3.80. The van der Waals surface area contributed by atoms with E-state index in [9.17, 15) is 9.90 Å². The highest BCUT2D eigenvalue weighted by molar-refractivity contribution is 5.74. The number of carbonyl (C=O) groups excluding carboxylic acids is 1. The molecule has 1 fully saturated rings. The lowest BCUT2D eigenvalue weighted by Crippen LogP contribution is -2.40. The number of hydrogen-bond donors (Lipinski definition) is 3. The van der Waals surface area contributed by atoms with Crippen molar-refractivity contribution in [1.29, 1.82) is 0 Å². The van der Waals surface area contributed by atoms with Gasteiger partial charge in [0.2, 0.25) is 0 Å². The van der Waals surface area contributed by atoms with Crippen LogP contribution < -0.4 is 10.6 Å². The summed E-state index contributed by atoms with van der Waals surface area (Å²) < 4.78 is 1.85. The molecule has 0 saturated heterocycles. The fraction of sp³-hybridized carbons (Fsp3) is 0.750. The van der Waals surface area contributed by atoms with E-state index >= 15 is 0 Å². The minimum atomic E-state index is -0.195. The number of aromatic nitrogens is 2. The number of nitrogens with zero attached hydrogens (tertiary/aromatic N) is 2. The quantitative estimate of drug-likeness (QED) is 0.778. The van der Waals surface area contributed by atoms with Gasteiger partial charge in [-0.05, 0) is 45.4 Å². The summed E-state index contributed by atoms with van der Waals surface area (Å²) in [6.07, 6.45) is 3.25. The van der Waals surface area contributed by atoms with Gasteiger partial charge in [-0.25, -0.2) is 4.79 Å². The van der Waals surface area contributed by atoms with Crippen molar-refractivity contribution >= 4 is 6.03 Å². The fourth-order valence-electron chi connectivity index (χ4n) is 3.35. The molecule has 1 aliphatic carbocycles. The fourth-order valence-corrected chi connectivity index (χ4v) is 3.35. The maximum Gasteiger partial charge on any atom is 0.315 e. The van der Waals surface area contributed by atoms with Crippen molar-refractivity contribution < 1.29 is 9.90 Å². The summed E-state index contributed by atoms with van der Waals surface area (Å²) in [5, 5.41) is 19.9. The van der Waals surface area contributed by atoms with Crippen molar-refractivity contribution in [3.8, 4) is 0 Å². The van der Waals surface area contributed by atoms with Gasteiger partial charge in [-0.15, -0.1) is 0 Å². The zero-order chi connectivity index (χ0) is 16.3. The second-order valence-corrected chi connectivity index (χ2v) is 6.36. The third-order valence-corrected chi connectivity index (χ3v) is 4.69. The molecule has 0 aliphatic heterocycles. The number of aliphatic hydroxyl groups excluding tert-OH is 1. The first-order chi connectivity index (χ1) is 10.4. The Morgan fingerprint density at radius 2 is 2.18 bits per heavy atom. The first-order valence-electron chi connectivity index (χ1n) is 8.14. The van der Waals surface area contributed by atoms with Crippen LogP contribution in [0, 0.1) is 19.8 Å². The number of urea groups is 1. The van der Waals surface area contributed by atoms with Gasteiger partial charge in [0.05, 0.1) is 17.8 Å². The molecule has 1 aromatic rings. The second-order valence-electron chi connectivity index (χ2n) is 6.36. The van der Waals surface area contributed by atoms with Crippen LogP contribution in [0.2, 0.25) is 0 Å². The van der Waals surface area contributed by atoms with Crippen LogP contribution in [0.15, 0.2) is 0 Å². The smallest absolute Gasteiger partial charge is 0.315 e. The molecule has 6 heteroatoms.